The molecule has 0 saturated heterocycles. The molecule has 3 N–H and O–H groups in total. The number of aryl methyl sites for hydroxylation is 1. The number of carbonyl (C=O) groups is 1. The van der Waals surface area contributed by atoms with Crippen LogP contribution < -0.4 is 11.1 Å². The molecule has 6 heteroatoms. The molecule has 0 fully saturated rings. The first-order valence-corrected chi connectivity index (χ1v) is 6.12. The van der Waals surface area contributed by atoms with Crippen LogP contribution in [0.15, 0.2) is 42.5 Å². The minimum absolute atomic E-state index is 0.128. The van der Waals surface area contributed by atoms with Crippen LogP contribution in [0.2, 0.25) is 0 Å². The third kappa shape index (κ3) is 3.53. The van der Waals surface area contributed by atoms with Gasteiger partial charge in [-0.15, -0.1) is 0 Å². The van der Waals surface area contributed by atoms with Crippen molar-refractivity contribution in [2.24, 2.45) is 0 Å². The molecule has 0 bridgehead atoms. The second kappa shape index (κ2) is 5.47. The Morgan fingerprint density at radius 1 is 1.10 bits per heavy atom. The van der Waals surface area contributed by atoms with Gasteiger partial charge in [0.1, 0.15) is 0 Å². The van der Waals surface area contributed by atoms with Crippen molar-refractivity contribution in [1.82, 2.24) is 0 Å². The summed E-state index contributed by atoms with van der Waals surface area (Å²) in [5, 5.41) is 2.57. The third-order valence-corrected chi connectivity index (χ3v) is 2.93. The predicted molar refractivity (Wildman–Crippen MR) is 75.0 cm³/mol. The number of nitrogens with one attached hydrogen (secondary N) is 1. The van der Waals surface area contributed by atoms with E-state index in [1.807, 2.05) is 6.92 Å². The van der Waals surface area contributed by atoms with Gasteiger partial charge in [0.15, 0.2) is 0 Å². The lowest BCUT2D eigenvalue weighted by Crippen LogP contribution is -2.14. The molecule has 0 atom stereocenters. The summed E-state index contributed by atoms with van der Waals surface area (Å²) in [6, 6.07) is 9.11. The second-order valence-corrected chi connectivity index (χ2v) is 4.62. The van der Waals surface area contributed by atoms with E-state index in [2.05, 4.69) is 5.32 Å². The van der Waals surface area contributed by atoms with E-state index in [4.69, 9.17) is 5.73 Å². The molecule has 110 valence electrons. The van der Waals surface area contributed by atoms with E-state index < -0.39 is 17.6 Å². The summed E-state index contributed by atoms with van der Waals surface area (Å²) in [5.74, 6) is -0.515. The van der Waals surface area contributed by atoms with Crippen molar-refractivity contribution >= 4 is 17.3 Å². The van der Waals surface area contributed by atoms with Crippen LogP contribution in [0.1, 0.15) is 21.5 Å². The normalized spacial score (nSPS) is 11.2. The first kappa shape index (κ1) is 14.9. The smallest absolute Gasteiger partial charge is 0.397 e. The van der Waals surface area contributed by atoms with Crippen molar-refractivity contribution in [3.8, 4) is 0 Å². The summed E-state index contributed by atoms with van der Waals surface area (Å²) in [4.78, 5) is 12.0. The van der Waals surface area contributed by atoms with Gasteiger partial charge in [0, 0.05) is 5.56 Å². The number of rotatable bonds is 2. The van der Waals surface area contributed by atoms with Crippen molar-refractivity contribution in [2.75, 3.05) is 11.1 Å². The van der Waals surface area contributed by atoms with E-state index in [1.165, 1.54) is 0 Å². The first-order chi connectivity index (χ1) is 9.77. The number of nitrogens with two attached hydrogens (primary N) is 1. The largest absolute Gasteiger partial charge is 0.416 e. The molecule has 2 rings (SSSR count). The Balaban J connectivity index is 2.17. The van der Waals surface area contributed by atoms with Crippen LogP contribution in [0.4, 0.5) is 24.5 Å². The van der Waals surface area contributed by atoms with Crippen LogP contribution >= 0.6 is 0 Å². The quantitative estimate of drug-likeness (QED) is 0.827. The number of halogens is 3. The summed E-state index contributed by atoms with van der Waals surface area (Å²) in [5.41, 5.74) is 6.86. The lowest BCUT2D eigenvalue weighted by atomic mass is 10.1. The second-order valence-electron chi connectivity index (χ2n) is 4.62. The summed E-state index contributed by atoms with van der Waals surface area (Å²) < 4.78 is 37.3. The van der Waals surface area contributed by atoms with E-state index in [0.29, 0.717) is 11.4 Å². The maximum absolute atomic E-state index is 12.4. The highest BCUT2D eigenvalue weighted by molar-refractivity contribution is 6.05. The number of anilines is 2. The van der Waals surface area contributed by atoms with Gasteiger partial charge in [0.2, 0.25) is 0 Å². The summed E-state index contributed by atoms with van der Waals surface area (Å²) in [6.07, 6.45) is -4.42. The van der Waals surface area contributed by atoms with Gasteiger partial charge in [0.25, 0.3) is 5.91 Å². The monoisotopic (exact) mass is 294 g/mol. The SMILES string of the molecule is Cc1ccc(NC(=O)c2ccc(C(F)(F)F)cc2)c(N)c1. The van der Waals surface area contributed by atoms with E-state index >= 15 is 0 Å². The summed E-state index contributed by atoms with van der Waals surface area (Å²) in [6.45, 7) is 1.86. The van der Waals surface area contributed by atoms with Gasteiger partial charge >= 0.3 is 6.18 Å². The molecular formula is C15H13F3N2O. The van der Waals surface area contributed by atoms with Crippen molar-refractivity contribution in [3.63, 3.8) is 0 Å². The number of alkyl halides is 3. The van der Waals surface area contributed by atoms with Crippen LogP contribution in [0, 0.1) is 6.92 Å². The van der Waals surface area contributed by atoms with Gasteiger partial charge in [-0.05, 0) is 48.9 Å². The lowest BCUT2D eigenvalue weighted by Gasteiger charge is -2.10. The molecule has 21 heavy (non-hydrogen) atoms. The molecule has 0 saturated carbocycles. The molecule has 0 aliphatic heterocycles. The average molecular weight is 294 g/mol. The van der Waals surface area contributed by atoms with Gasteiger partial charge in [-0.3, -0.25) is 4.79 Å². The molecule has 0 heterocycles. The molecule has 0 aliphatic rings. The molecule has 1 amide bonds. The zero-order valence-electron chi connectivity index (χ0n) is 11.2. The van der Waals surface area contributed by atoms with Crippen LogP contribution in [-0.2, 0) is 6.18 Å². The van der Waals surface area contributed by atoms with Gasteiger partial charge in [0.05, 0.1) is 16.9 Å². The molecule has 2 aromatic carbocycles. The number of carbonyl (C=O) groups excluding carboxylic acids is 1. The number of amides is 1. The Hall–Kier alpha value is -2.50. The van der Waals surface area contributed by atoms with Gasteiger partial charge < -0.3 is 11.1 Å². The Bertz CT molecular complexity index is 664. The molecule has 0 spiro atoms. The van der Waals surface area contributed by atoms with Crippen LogP contribution in [0.5, 0.6) is 0 Å². The van der Waals surface area contributed by atoms with E-state index in [9.17, 15) is 18.0 Å². The van der Waals surface area contributed by atoms with E-state index in [1.54, 1.807) is 18.2 Å². The summed E-state index contributed by atoms with van der Waals surface area (Å²) in [7, 11) is 0. The molecule has 3 nitrogen and oxygen atoms in total. The molecule has 0 unspecified atom stereocenters. The fourth-order valence-electron chi connectivity index (χ4n) is 1.80. The topological polar surface area (TPSA) is 55.1 Å². The molecule has 0 aliphatic carbocycles. The molecule has 0 radical (unpaired) electrons. The number of nitrogen functional groups attached to an aromatic ring is 1. The third-order valence-electron chi connectivity index (χ3n) is 2.93. The minimum Gasteiger partial charge on any atom is -0.397 e. The first-order valence-electron chi connectivity index (χ1n) is 6.12. The van der Waals surface area contributed by atoms with E-state index in [0.717, 1.165) is 29.8 Å². The van der Waals surface area contributed by atoms with Crippen molar-refractivity contribution in [3.05, 3.63) is 59.2 Å². The number of hydrogen-bond acceptors (Lipinski definition) is 2. The highest BCUT2D eigenvalue weighted by Crippen LogP contribution is 2.29. The fraction of sp³-hybridized carbons (Fsp3) is 0.133. The average Bonchev–Trinajstić information content (AvgIpc) is 2.41. The highest BCUT2D eigenvalue weighted by atomic mass is 19.4. The zero-order chi connectivity index (χ0) is 15.6. The minimum atomic E-state index is -4.42. The Morgan fingerprint density at radius 3 is 2.24 bits per heavy atom. The highest BCUT2D eigenvalue weighted by Gasteiger charge is 2.30. The zero-order valence-corrected chi connectivity index (χ0v) is 11.2. The van der Waals surface area contributed by atoms with Crippen molar-refractivity contribution in [1.29, 1.82) is 0 Å². The number of benzene rings is 2. The molecule has 2 aromatic rings. The Morgan fingerprint density at radius 2 is 1.71 bits per heavy atom. The van der Waals surface area contributed by atoms with Gasteiger partial charge in [-0.25, -0.2) is 0 Å². The van der Waals surface area contributed by atoms with Crippen molar-refractivity contribution < 1.29 is 18.0 Å². The van der Waals surface area contributed by atoms with Crippen LogP contribution in [0.3, 0.4) is 0 Å². The maximum atomic E-state index is 12.4. The van der Waals surface area contributed by atoms with Crippen LogP contribution in [-0.4, -0.2) is 5.91 Å². The van der Waals surface area contributed by atoms with Gasteiger partial charge in [-0.1, -0.05) is 6.07 Å². The lowest BCUT2D eigenvalue weighted by molar-refractivity contribution is -0.137. The standard InChI is InChI=1S/C15H13F3N2O/c1-9-2-7-13(12(19)8-9)20-14(21)10-3-5-11(6-4-10)15(16,17)18/h2-8H,19H2,1H3,(H,20,21). The van der Waals surface area contributed by atoms with Crippen molar-refractivity contribution in [2.45, 2.75) is 13.1 Å². The summed E-state index contributed by atoms with van der Waals surface area (Å²) >= 11 is 0. The molecular weight excluding hydrogens is 281 g/mol. The van der Waals surface area contributed by atoms with E-state index in [-0.39, 0.29) is 5.56 Å². The van der Waals surface area contributed by atoms with Gasteiger partial charge in [-0.2, -0.15) is 13.2 Å². The predicted octanol–water partition coefficient (Wildman–Crippen LogP) is 3.85. The Kier molecular flexibility index (Phi) is 3.88. The fourth-order valence-corrected chi connectivity index (χ4v) is 1.80. The van der Waals surface area contributed by atoms with Crippen LogP contribution in [0.25, 0.3) is 0 Å². The Labute approximate surface area is 119 Å². The maximum Gasteiger partial charge on any atom is 0.416 e. The molecule has 0 aromatic heterocycles. The number of hydrogen-bond donors (Lipinski definition) is 2.